The molecule has 1 aromatic heterocycles. The number of benzene rings is 3. The second kappa shape index (κ2) is 8.47. The minimum atomic E-state index is -0.960. The number of methoxy groups -OCH3 is 1. The van der Waals surface area contributed by atoms with Gasteiger partial charge in [-0.2, -0.15) is 0 Å². The highest BCUT2D eigenvalue weighted by Gasteiger charge is 2.16. The summed E-state index contributed by atoms with van der Waals surface area (Å²) in [5, 5.41) is 2.25. The maximum Gasteiger partial charge on any atom is 0.127 e. The van der Waals surface area contributed by atoms with Crippen molar-refractivity contribution < 1.29 is 9.13 Å². The number of hydrogen-bond acceptors (Lipinski definition) is 2. The standard InChI is InChI=1S/C22H18Br2FNOS/c1-27-17-4-6-18(7-5-17)28-13-16(25)12-26-21-8-2-14(23)10-19(21)20-11-15(24)3-9-22(20)26/h2-11,16H,12-13H2,1H3. The molecule has 1 atom stereocenters. The molecule has 0 spiro atoms. The van der Waals surface area contributed by atoms with Gasteiger partial charge in [0.15, 0.2) is 0 Å². The van der Waals surface area contributed by atoms with E-state index in [1.165, 1.54) is 11.8 Å². The zero-order valence-electron chi connectivity index (χ0n) is 15.2. The lowest BCUT2D eigenvalue weighted by Crippen LogP contribution is -2.13. The summed E-state index contributed by atoms with van der Waals surface area (Å²) in [6.07, 6.45) is -0.960. The maximum atomic E-state index is 14.9. The Hall–Kier alpha value is -1.50. The van der Waals surface area contributed by atoms with Crippen molar-refractivity contribution in [2.24, 2.45) is 0 Å². The largest absolute Gasteiger partial charge is 0.497 e. The topological polar surface area (TPSA) is 14.2 Å². The van der Waals surface area contributed by atoms with Crippen molar-refractivity contribution in [2.45, 2.75) is 17.6 Å². The van der Waals surface area contributed by atoms with E-state index in [0.29, 0.717) is 12.3 Å². The lowest BCUT2D eigenvalue weighted by atomic mass is 10.2. The number of nitrogens with zero attached hydrogens (tertiary/aromatic N) is 1. The number of alkyl halides is 1. The average molecular weight is 523 g/mol. The Balaban J connectivity index is 1.59. The molecule has 2 nitrogen and oxygen atoms in total. The number of hydrogen-bond donors (Lipinski definition) is 0. The van der Waals surface area contributed by atoms with Crippen molar-refractivity contribution in [3.05, 3.63) is 69.6 Å². The first-order valence-electron chi connectivity index (χ1n) is 8.83. The van der Waals surface area contributed by atoms with Gasteiger partial charge in [-0.1, -0.05) is 31.9 Å². The summed E-state index contributed by atoms with van der Waals surface area (Å²) >= 11 is 8.63. The zero-order chi connectivity index (χ0) is 19.7. The van der Waals surface area contributed by atoms with E-state index in [9.17, 15) is 4.39 Å². The number of thioether (sulfide) groups is 1. The molecule has 28 heavy (non-hydrogen) atoms. The van der Waals surface area contributed by atoms with Gasteiger partial charge in [0.05, 0.1) is 13.7 Å². The van der Waals surface area contributed by atoms with Crippen LogP contribution in [0.25, 0.3) is 21.8 Å². The van der Waals surface area contributed by atoms with Gasteiger partial charge in [-0.05, 0) is 60.7 Å². The Morgan fingerprint density at radius 3 is 2.04 bits per heavy atom. The number of aromatic nitrogens is 1. The first-order valence-corrected chi connectivity index (χ1v) is 11.4. The predicted molar refractivity (Wildman–Crippen MR) is 123 cm³/mol. The third kappa shape index (κ3) is 4.09. The van der Waals surface area contributed by atoms with Crippen molar-refractivity contribution >= 4 is 65.4 Å². The second-order valence-electron chi connectivity index (χ2n) is 6.52. The van der Waals surface area contributed by atoms with Gasteiger partial charge in [0.2, 0.25) is 0 Å². The van der Waals surface area contributed by atoms with E-state index in [4.69, 9.17) is 4.74 Å². The predicted octanol–water partition coefficient (Wildman–Crippen LogP) is 7.46. The molecule has 0 radical (unpaired) electrons. The van der Waals surface area contributed by atoms with E-state index in [-0.39, 0.29) is 0 Å². The molecule has 144 valence electrons. The van der Waals surface area contributed by atoms with Crippen LogP contribution in [0.3, 0.4) is 0 Å². The minimum Gasteiger partial charge on any atom is -0.497 e. The summed E-state index contributed by atoms with van der Waals surface area (Å²) in [6.45, 7) is 0.326. The van der Waals surface area contributed by atoms with Crippen molar-refractivity contribution in [2.75, 3.05) is 12.9 Å². The molecule has 0 bridgehead atoms. The molecule has 1 unspecified atom stereocenters. The van der Waals surface area contributed by atoms with E-state index in [2.05, 4.69) is 60.7 Å². The molecule has 0 saturated carbocycles. The van der Waals surface area contributed by atoms with Crippen LogP contribution in [0.1, 0.15) is 0 Å². The van der Waals surface area contributed by atoms with Crippen LogP contribution in [-0.2, 0) is 6.54 Å². The fourth-order valence-electron chi connectivity index (χ4n) is 3.35. The van der Waals surface area contributed by atoms with Gasteiger partial charge in [0.1, 0.15) is 11.9 Å². The number of fused-ring (bicyclic) bond motifs is 3. The normalized spacial score (nSPS) is 12.6. The van der Waals surface area contributed by atoms with E-state index in [1.807, 2.05) is 36.4 Å². The van der Waals surface area contributed by atoms with Gasteiger partial charge >= 0.3 is 0 Å². The average Bonchev–Trinajstić information content (AvgIpc) is 2.99. The van der Waals surface area contributed by atoms with E-state index in [1.54, 1.807) is 7.11 Å². The summed E-state index contributed by atoms with van der Waals surface area (Å²) in [7, 11) is 1.64. The first-order chi connectivity index (χ1) is 13.5. The quantitative estimate of drug-likeness (QED) is 0.244. The molecule has 4 rings (SSSR count). The van der Waals surface area contributed by atoms with Gasteiger partial charge in [-0.15, -0.1) is 11.8 Å². The first kappa shape index (κ1) is 19.8. The molecule has 4 aromatic rings. The van der Waals surface area contributed by atoms with Gasteiger partial charge in [-0.3, -0.25) is 0 Å². The van der Waals surface area contributed by atoms with Gasteiger partial charge < -0.3 is 9.30 Å². The molecule has 0 N–H and O–H groups in total. The summed E-state index contributed by atoms with van der Waals surface area (Å²) in [5.74, 6) is 1.21. The molecule has 0 saturated heterocycles. The van der Waals surface area contributed by atoms with Crippen molar-refractivity contribution in [3.63, 3.8) is 0 Å². The molecule has 1 heterocycles. The molecule has 3 aromatic carbocycles. The molecular weight excluding hydrogens is 505 g/mol. The van der Waals surface area contributed by atoms with Crippen molar-refractivity contribution in [3.8, 4) is 5.75 Å². The SMILES string of the molecule is COc1ccc(SCC(F)Cn2c3ccc(Br)cc3c3cc(Br)ccc32)cc1. The Morgan fingerprint density at radius 1 is 0.929 bits per heavy atom. The lowest BCUT2D eigenvalue weighted by Gasteiger charge is -2.12. The van der Waals surface area contributed by atoms with Crippen LogP contribution < -0.4 is 4.74 Å². The van der Waals surface area contributed by atoms with Crippen LogP contribution in [0, 0.1) is 0 Å². The monoisotopic (exact) mass is 521 g/mol. The summed E-state index contributed by atoms with van der Waals surface area (Å²) < 4.78 is 24.2. The number of halogens is 3. The third-order valence-electron chi connectivity index (χ3n) is 4.66. The summed E-state index contributed by atoms with van der Waals surface area (Å²) in [5.41, 5.74) is 2.10. The zero-order valence-corrected chi connectivity index (χ0v) is 19.2. The summed E-state index contributed by atoms with van der Waals surface area (Å²) in [6, 6.07) is 20.0. The Morgan fingerprint density at radius 2 is 1.50 bits per heavy atom. The Kier molecular flexibility index (Phi) is 5.99. The van der Waals surface area contributed by atoms with E-state index < -0.39 is 6.17 Å². The van der Waals surface area contributed by atoms with Crippen molar-refractivity contribution in [1.82, 2.24) is 4.57 Å². The molecule has 6 heteroatoms. The van der Waals surface area contributed by atoms with Crippen LogP contribution in [0.4, 0.5) is 4.39 Å². The van der Waals surface area contributed by atoms with Crippen LogP contribution in [-0.4, -0.2) is 23.6 Å². The maximum absolute atomic E-state index is 14.9. The highest BCUT2D eigenvalue weighted by Crippen LogP contribution is 2.34. The molecular formula is C22H18Br2FNOS. The van der Waals surface area contributed by atoms with Gasteiger partial charge in [0, 0.05) is 41.4 Å². The Labute approximate surface area is 184 Å². The van der Waals surface area contributed by atoms with Crippen molar-refractivity contribution in [1.29, 1.82) is 0 Å². The highest BCUT2D eigenvalue weighted by molar-refractivity contribution is 9.10. The smallest absolute Gasteiger partial charge is 0.127 e. The molecule has 0 fully saturated rings. The summed E-state index contributed by atoms with van der Waals surface area (Å²) in [4.78, 5) is 1.04. The van der Waals surface area contributed by atoms with E-state index in [0.717, 1.165) is 41.4 Å². The van der Waals surface area contributed by atoms with Gasteiger partial charge in [-0.25, -0.2) is 4.39 Å². The number of ether oxygens (including phenoxy) is 1. The lowest BCUT2D eigenvalue weighted by molar-refractivity contribution is 0.333. The van der Waals surface area contributed by atoms with Crippen LogP contribution in [0.2, 0.25) is 0 Å². The highest BCUT2D eigenvalue weighted by atomic mass is 79.9. The molecule has 0 aliphatic carbocycles. The third-order valence-corrected chi connectivity index (χ3v) is 6.78. The fraction of sp³-hybridized carbons (Fsp3) is 0.182. The fourth-order valence-corrected chi connectivity index (χ4v) is 4.88. The second-order valence-corrected chi connectivity index (χ2v) is 9.44. The van der Waals surface area contributed by atoms with Crippen LogP contribution >= 0.6 is 43.6 Å². The van der Waals surface area contributed by atoms with Crippen LogP contribution in [0.5, 0.6) is 5.75 Å². The van der Waals surface area contributed by atoms with Gasteiger partial charge in [0.25, 0.3) is 0 Å². The minimum absolute atomic E-state index is 0.326. The molecule has 0 amide bonds. The molecule has 0 aliphatic heterocycles. The molecule has 0 aliphatic rings. The number of rotatable bonds is 6. The Bertz CT molecular complexity index is 1070. The van der Waals surface area contributed by atoms with E-state index >= 15 is 0 Å². The van der Waals surface area contributed by atoms with Crippen LogP contribution in [0.15, 0.2) is 74.5 Å².